The highest BCUT2D eigenvalue weighted by Gasteiger charge is 2.18. The van der Waals surface area contributed by atoms with Gasteiger partial charge >= 0.3 is 0 Å². The van der Waals surface area contributed by atoms with E-state index in [4.69, 9.17) is 0 Å². The van der Waals surface area contributed by atoms with Gasteiger partial charge in [0.1, 0.15) is 5.82 Å². The summed E-state index contributed by atoms with van der Waals surface area (Å²) in [4.78, 5) is 7.85. The van der Waals surface area contributed by atoms with Crippen molar-refractivity contribution in [2.75, 3.05) is 5.32 Å². The largest absolute Gasteiger partial charge is 0.361 e. The highest BCUT2D eigenvalue weighted by atomic mass is 15.0. The molecule has 4 aromatic rings. The Morgan fingerprint density at radius 2 is 1.75 bits per heavy atom. The summed E-state index contributed by atoms with van der Waals surface area (Å²) in [5.74, 6) is 0.883. The van der Waals surface area contributed by atoms with Crippen LogP contribution in [0.25, 0.3) is 10.9 Å². The Bertz CT molecular complexity index is 957. The van der Waals surface area contributed by atoms with E-state index in [0.29, 0.717) is 0 Å². The lowest BCUT2D eigenvalue weighted by molar-refractivity contribution is 0.934. The number of hydrogen-bond donors (Lipinski definition) is 2. The van der Waals surface area contributed by atoms with Crippen molar-refractivity contribution in [3.8, 4) is 0 Å². The topological polar surface area (TPSA) is 40.7 Å². The molecule has 3 nitrogen and oxygen atoms in total. The van der Waals surface area contributed by atoms with Crippen molar-refractivity contribution >= 4 is 16.7 Å². The van der Waals surface area contributed by atoms with Crippen molar-refractivity contribution in [2.24, 2.45) is 0 Å². The molecule has 24 heavy (non-hydrogen) atoms. The van der Waals surface area contributed by atoms with Crippen LogP contribution in [0, 0.1) is 6.92 Å². The third-order valence-corrected chi connectivity index (χ3v) is 4.27. The molecule has 0 saturated heterocycles. The van der Waals surface area contributed by atoms with Crippen molar-refractivity contribution in [3.63, 3.8) is 0 Å². The molecule has 0 aliphatic heterocycles. The highest BCUT2D eigenvalue weighted by molar-refractivity contribution is 5.84. The van der Waals surface area contributed by atoms with Crippen LogP contribution in [-0.4, -0.2) is 9.97 Å². The summed E-state index contributed by atoms with van der Waals surface area (Å²) in [5.41, 5.74) is 4.77. The van der Waals surface area contributed by atoms with Crippen LogP contribution < -0.4 is 5.32 Å². The number of aryl methyl sites for hydroxylation is 1. The van der Waals surface area contributed by atoms with Crippen LogP contribution in [-0.2, 0) is 0 Å². The van der Waals surface area contributed by atoms with Gasteiger partial charge in [0.15, 0.2) is 0 Å². The minimum atomic E-state index is 0.0386. The van der Waals surface area contributed by atoms with Gasteiger partial charge in [-0.05, 0) is 36.2 Å². The number of anilines is 1. The summed E-state index contributed by atoms with van der Waals surface area (Å²) in [6.45, 7) is 2.08. The maximum absolute atomic E-state index is 4.47. The van der Waals surface area contributed by atoms with Crippen molar-refractivity contribution in [1.29, 1.82) is 0 Å². The lowest BCUT2D eigenvalue weighted by Crippen LogP contribution is -2.13. The minimum Gasteiger partial charge on any atom is -0.361 e. The Kier molecular flexibility index (Phi) is 3.75. The second kappa shape index (κ2) is 6.20. The third-order valence-electron chi connectivity index (χ3n) is 4.27. The van der Waals surface area contributed by atoms with Gasteiger partial charge in [0.2, 0.25) is 0 Å². The maximum atomic E-state index is 4.47. The average Bonchev–Trinajstić information content (AvgIpc) is 3.04. The highest BCUT2D eigenvalue weighted by Crippen LogP contribution is 2.31. The summed E-state index contributed by atoms with van der Waals surface area (Å²) in [6, 6.07) is 23.0. The molecule has 0 fully saturated rings. The summed E-state index contributed by atoms with van der Waals surface area (Å²) in [6.07, 6.45) is 3.93. The predicted molar refractivity (Wildman–Crippen MR) is 99.2 cm³/mol. The van der Waals surface area contributed by atoms with Crippen LogP contribution in [0.1, 0.15) is 22.7 Å². The molecule has 118 valence electrons. The fraction of sp³-hybridized carbons (Fsp3) is 0.0952. The molecular formula is C21H19N3. The van der Waals surface area contributed by atoms with Crippen LogP contribution in [0.2, 0.25) is 0 Å². The molecule has 0 amide bonds. The summed E-state index contributed by atoms with van der Waals surface area (Å²) < 4.78 is 0. The zero-order valence-electron chi connectivity index (χ0n) is 13.5. The molecule has 2 aromatic heterocycles. The molecule has 3 heteroatoms. The van der Waals surface area contributed by atoms with E-state index in [-0.39, 0.29) is 6.04 Å². The van der Waals surface area contributed by atoms with E-state index in [2.05, 4.69) is 83.0 Å². The summed E-state index contributed by atoms with van der Waals surface area (Å²) in [5, 5.41) is 4.83. The molecule has 4 rings (SSSR count). The molecule has 0 aliphatic carbocycles. The van der Waals surface area contributed by atoms with E-state index in [0.717, 1.165) is 11.3 Å². The van der Waals surface area contributed by atoms with Crippen molar-refractivity contribution in [1.82, 2.24) is 9.97 Å². The van der Waals surface area contributed by atoms with Gasteiger partial charge < -0.3 is 10.3 Å². The first kappa shape index (κ1) is 14.5. The monoisotopic (exact) mass is 313 g/mol. The first-order chi connectivity index (χ1) is 11.8. The summed E-state index contributed by atoms with van der Waals surface area (Å²) in [7, 11) is 0. The van der Waals surface area contributed by atoms with Crippen LogP contribution in [0.5, 0.6) is 0 Å². The second-order valence-electron chi connectivity index (χ2n) is 6.00. The molecule has 0 spiro atoms. The molecule has 1 unspecified atom stereocenters. The zero-order valence-corrected chi connectivity index (χ0v) is 13.5. The van der Waals surface area contributed by atoms with Gasteiger partial charge in [-0.25, -0.2) is 4.98 Å². The number of para-hydroxylation sites is 1. The van der Waals surface area contributed by atoms with Crippen molar-refractivity contribution in [3.05, 3.63) is 95.8 Å². The molecule has 2 heterocycles. The normalized spacial score (nSPS) is 12.2. The van der Waals surface area contributed by atoms with Crippen LogP contribution >= 0.6 is 0 Å². The Balaban J connectivity index is 1.82. The molecular weight excluding hydrogens is 294 g/mol. The van der Waals surface area contributed by atoms with Gasteiger partial charge in [-0.1, -0.05) is 48.5 Å². The zero-order chi connectivity index (χ0) is 16.4. The van der Waals surface area contributed by atoms with E-state index in [1.54, 1.807) is 0 Å². The van der Waals surface area contributed by atoms with Crippen LogP contribution in [0.4, 0.5) is 5.82 Å². The second-order valence-corrected chi connectivity index (χ2v) is 6.00. The molecule has 0 radical (unpaired) electrons. The van der Waals surface area contributed by atoms with Crippen LogP contribution in [0.3, 0.4) is 0 Å². The quantitative estimate of drug-likeness (QED) is 0.552. The molecule has 2 N–H and O–H groups in total. The predicted octanol–water partition coefficient (Wildman–Crippen LogP) is 5.07. The molecule has 0 bridgehead atoms. The van der Waals surface area contributed by atoms with Crippen LogP contribution in [0.15, 0.2) is 79.1 Å². The van der Waals surface area contributed by atoms with E-state index >= 15 is 0 Å². The standard InChI is InChI=1S/C21H19N3/c1-15-11-12-22-20(13-15)24-21(16-7-3-2-4-8-16)18-14-23-19-10-6-5-9-17(18)19/h2-14,21,23H,1H3,(H,22,24). The van der Waals surface area contributed by atoms with Gasteiger partial charge in [0, 0.05) is 28.9 Å². The first-order valence-corrected chi connectivity index (χ1v) is 8.11. The smallest absolute Gasteiger partial charge is 0.126 e. The number of nitrogens with one attached hydrogen (secondary N) is 2. The fourth-order valence-corrected chi connectivity index (χ4v) is 3.08. The Morgan fingerprint density at radius 1 is 0.958 bits per heavy atom. The Hall–Kier alpha value is -3.07. The van der Waals surface area contributed by atoms with E-state index < -0.39 is 0 Å². The fourth-order valence-electron chi connectivity index (χ4n) is 3.08. The van der Waals surface area contributed by atoms with E-state index in [9.17, 15) is 0 Å². The van der Waals surface area contributed by atoms with Gasteiger partial charge in [0.25, 0.3) is 0 Å². The van der Waals surface area contributed by atoms with E-state index in [1.807, 2.05) is 18.3 Å². The number of fused-ring (bicyclic) bond motifs is 1. The van der Waals surface area contributed by atoms with Gasteiger partial charge in [0.05, 0.1) is 6.04 Å². The first-order valence-electron chi connectivity index (χ1n) is 8.11. The number of nitrogens with zero attached hydrogens (tertiary/aromatic N) is 1. The number of hydrogen-bond acceptors (Lipinski definition) is 2. The Morgan fingerprint density at radius 3 is 2.58 bits per heavy atom. The minimum absolute atomic E-state index is 0.0386. The number of aromatic amines is 1. The Labute approximate surface area is 141 Å². The number of aromatic nitrogens is 2. The molecule has 2 aromatic carbocycles. The van der Waals surface area contributed by atoms with Crippen molar-refractivity contribution in [2.45, 2.75) is 13.0 Å². The number of H-pyrrole nitrogens is 1. The van der Waals surface area contributed by atoms with E-state index in [1.165, 1.54) is 22.1 Å². The average molecular weight is 313 g/mol. The van der Waals surface area contributed by atoms with Gasteiger partial charge in [-0.15, -0.1) is 0 Å². The third kappa shape index (κ3) is 2.76. The SMILES string of the molecule is Cc1ccnc(NC(c2ccccc2)c2c[nH]c3ccccc23)c1. The number of rotatable bonds is 4. The van der Waals surface area contributed by atoms with Gasteiger partial charge in [-0.3, -0.25) is 0 Å². The molecule has 1 atom stereocenters. The number of pyridine rings is 1. The summed E-state index contributed by atoms with van der Waals surface area (Å²) >= 11 is 0. The number of benzene rings is 2. The lowest BCUT2D eigenvalue weighted by atomic mass is 9.98. The van der Waals surface area contributed by atoms with Crippen molar-refractivity contribution < 1.29 is 0 Å². The lowest BCUT2D eigenvalue weighted by Gasteiger charge is -2.20. The molecule has 0 aliphatic rings. The van der Waals surface area contributed by atoms with Gasteiger partial charge in [-0.2, -0.15) is 0 Å². The maximum Gasteiger partial charge on any atom is 0.126 e. The molecule has 0 saturated carbocycles.